The lowest BCUT2D eigenvalue weighted by atomic mass is 9.81. The highest BCUT2D eigenvalue weighted by atomic mass is 32.1. The number of amides is 1. The average Bonchev–Trinajstić information content (AvgIpc) is 3.09. The lowest BCUT2D eigenvalue weighted by Gasteiger charge is -2.45. The Morgan fingerprint density at radius 1 is 1.16 bits per heavy atom. The molecular weight excluding hydrogens is 335 g/mol. The van der Waals surface area contributed by atoms with Gasteiger partial charge < -0.3 is 10.2 Å². The fraction of sp³-hybridized carbons (Fsp3) is 0.450. The van der Waals surface area contributed by atoms with Crippen LogP contribution in [0.3, 0.4) is 0 Å². The Labute approximate surface area is 151 Å². The van der Waals surface area contributed by atoms with Crippen LogP contribution in [-0.4, -0.2) is 24.0 Å². The zero-order chi connectivity index (χ0) is 17.2. The molecule has 2 N–H and O–H groups in total. The number of thiophene rings is 1. The molecule has 0 saturated carbocycles. The van der Waals surface area contributed by atoms with Gasteiger partial charge in [-0.15, -0.1) is 11.3 Å². The zero-order valence-corrected chi connectivity index (χ0v) is 15.0. The molecule has 3 heterocycles. The van der Waals surface area contributed by atoms with Gasteiger partial charge in [-0.25, -0.2) is 4.39 Å². The summed E-state index contributed by atoms with van der Waals surface area (Å²) in [5, 5.41) is 5.24. The van der Waals surface area contributed by atoms with E-state index in [0.717, 1.165) is 19.4 Å². The van der Waals surface area contributed by atoms with E-state index < -0.39 is 5.82 Å². The maximum atomic E-state index is 13.8. The molecule has 1 amide bonds. The largest absolute Gasteiger partial charge is 0.349 e. The third kappa shape index (κ3) is 3.62. The molecular formula is C20H24FN2OS+. The lowest BCUT2D eigenvalue weighted by Crippen LogP contribution is -3.20. The molecule has 0 radical (unpaired) electrons. The van der Waals surface area contributed by atoms with Crippen molar-refractivity contribution >= 4 is 17.2 Å². The molecule has 0 aliphatic carbocycles. The van der Waals surface area contributed by atoms with E-state index in [9.17, 15) is 9.18 Å². The number of carbonyl (C=O) groups is 1. The number of nitrogens with one attached hydrogen (secondary N) is 2. The third-order valence-corrected chi connectivity index (χ3v) is 6.58. The first-order valence-electron chi connectivity index (χ1n) is 9.14. The maximum absolute atomic E-state index is 13.8. The molecule has 2 aliphatic rings. The Bertz CT molecular complexity index is 719. The van der Waals surface area contributed by atoms with E-state index in [2.05, 4.69) is 22.8 Å². The fourth-order valence-electron chi connectivity index (χ4n) is 4.57. The van der Waals surface area contributed by atoms with Gasteiger partial charge >= 0.3 is 0 Å². The molecule has 25 heavy (non-hydrogen) atoms. The topological polar surface area (TPSA) is 33.5 Å². The number of carbonyl (C=O) groups excluding carboxylic acids is 1. The van der Waals surface area contributed by atoms with Crippen LogP contribution in [-0.2, 0) is 6.54 Å². The first-order valence-corrected chi connectivity index (χ1v) is 10.0. The van der Waals surface area contributed by atoms with Gasteiger partial charge in [0.25, 0.3) is 5.91 Å². The first kappa shape index (κ1) is 16.7. The van der Waals surface area contributed by atoms with E-state index in [1.165, 1.54) is 30.2 Å². The van der Waals surface area contributed by atoms with Gasteiger partial charge in [0.05, 0.1) is 22.5 Å². The summed E-state index contributed by atoms with van der Waals surface area (Å²) in [6.07, 6.45) is 5.73. The number of hydrogen-bond acceptors (Lipinski definition) is 2. The van der Waals surface area contributed by atoms with Crippen molar-refractivity contribution in [3.05, 3.63) is 58.0 Å². The summed E-state index contributed by atoms with van der Waals surface area (Å²) in [5.41, 5.74) is 0.154. The van der Waals surface area contributed by atoms with E-state index in [-0.39, 0.29) is 17.5 Å². The Hall–Kier alpha value is -1.72. The Kier molecular flexibility index (Phi) is 4.86. The summed E-state index contributed by atoms with van der Waals surface area (Å²) in [5.74, 6) is -0.719. The highest BCUT2D eigenvalue weighted by Gasteiger charge is 2.42. The molecule has 0 unspecified atom stereocenters. The van der Waals surface area contributed by atoms with E-state index in [1.807, 2.05) is 11.3 Å². The monoisotopic (exact) mass is 359 g/mol. The van der Waals surface area contributed by atoms with Gasteiger partial charge in [0.2, 0.25) is 0 Å². The van der Waals surface area contributed by atoms with Crippen molar-refractivity contribution in [1.82, 2.24) is 5.32 Å². The fourth-order valence-corrected chi connectivity index (χ4v) is 5.30. The normalized spacial score (nSPS) is 28.5. The van der Waals surface area contributed by atoms with E-state index >= 15 is 0 Å². The van der Waals surface area contributed by atoms with E-state index in [1.54, 1.807) is 23.1 Å². The van der Waals surface area contributed by atoms with Gasteiger partial charge in [0.15, 0.2) is 0 Å². The van der Waals surface area contributed by atoms with Gasteiger partial charge in [-0.2, -0.15) is 0 Å². The number of benzene rings is 1. The van der Waals surface area contributed by atoms with Crippen LogP contribution in [0.1, 0.15) is 47.3 Å². The second-order valence-electron chi connectivity index (χ2n) is 7.28. The number of rotatable bonds is 4. The highest BCUT2D eigenvalue weighted by Crippen LogP contribution is 2.23. The zero-order valence-electron chi connectivity index (χ0n) is 14.2. The number of hydrogen-bond donors (Lipinski definition) is 2. The predicted molar refractivity (Wildman–Crippen MR) is 97.3 cm³/mol. The molecule has 3 nitrogen and oxygen atoms in total. The predicted octanol–water partition coefficient (Wildman–Crippen LogP) is 2.79. The van der Waals surface area contributed by atoms with Crippen LogP contribution < -0.4 is 10.2 Å². The lowest BCUT2D eigenvalue weighted by molar-refractivity contribution is -0.973. The maximum Gasteiger partial charge on any atom is 0.254 e. The number of quaternary nitrogens is 1. The van der Waals surface area contributed by atoms with Crippen molar-refractivity contribution in [1.29, 1.82) is 0 Å². The van der Waals surface area contributed by atoms with Crippen LogP contribution in [0.5, 0.6) is 0 Å². The smallest absolute Gasteiger partial charge is 0.254 e. The van der Waals surface area contributed by atoms with Crippen LogP contribution in [0.4, 0.5) is 4.39 Å². The molecule has 132 valence electrons. The van der Waals surface area contributed by atoms with Crippen LogP contribution >= 0.6 is 11.3 Å². The summed E-state index contributed by atoms with van der Waals surface area (Å²) in [7, 11) is 0. The van der Waals surface area contributed by atoms with Crippen LogP contribution in [0, 0.1) is 5.82 Å². The molecule has 2 aliphatic heterocycles. The van der Waals surface area contributed by atoms with E-state index in [4.69, 9.17) is 0 Å². The first-order chi connectivity index (χ1) is 12.2. The molecule has 1 aromatic carbocycles. The summed E-state index contributed by atoms with van der Waals surface area (Å²) in [6.45, 7) is 1.10. The number of fused-ring (bicyclic) bond motifs is 2. The minimum absolute atomic E-state index is 0.154. The molecule has 0 spiro atoms. The standard InChI is InChI=1S/C20H23FN2OS/c21-19-9-2-1-8-18(19)20(24)22-14-11-15-5-3-6-16(12-14)23(15)13-17-7-4-10-25-17/h1-2,4,7-10,14-16H,3,5-6,11-13H2,(H,22,24)/p+1/t15-,16-/m1/s1. The van der Waals surface area contributed by atoms with E-state index in [0.29, 0.717) is 12.1 Å². The minimum atomic E-state index is -0.444. The Morgan fingerprint density at radius 3 is 2.60 bits per heavy atom. The van der Waals surface area contributed by atoms with Crippen molar-refractivity contribution in [3.63, 3.8) is 0 Å². The molecule has 5 heteroatoms. The van der Waals surface area contributed by atoms with Gasteiger partial charge in [0.1, 0.15) is 12.4 Å². The van der Waals surface area contributed by atoms with Crippen molar-refractivity contribution < 1.29 is 14.1 Å². The van der Waals surface area contributed by atoms with Crippen LogP contribution in [0.2, 0.25) is 0 Å². The summed E-state index contributed by atoms with van der Waals surface area (Å²) in [4.78, 5) is 15.6. The molecule has 2 aromatic rings. The van der Waals surface area contributed by atoms with Gasteiger partial charge in [-0.1, -0.05) is 18.2 Å². The Balaban J connectivity index is 1.43. The quantitative estimate of drug-likeness (QED) is 0.865. The molecule has 2 atom stereocenters. The van der Waals surface area contributed by atoms with Crippen molar-refractivity contribution in [2.75, 3.05) is 0 Å². The number of halogens is 1. The minimum Gasteiger partial charge on any atom is -0.349 e. The van der Waals surface area contributed by atoms with Crippen molar-refractivity contribution in [2.45, 2.75) is 56.8 Å². The second-order valence-corrected chi connectivity index (χ2v) is 8.31. The van der Waals surface area contributed by atoms with Crippen LogP contribution in [0.15, 0.2) is 41.8 Å². The summed E-state index contributed by atoms with van der Waals surface area (Å²) >= 11 is 1.83. The summed E-state index contributed by atoms with van der Waals surface area (Å²) < 4.78 is 13.8. The molecule has 2 bridgehead atoms. The van der Waals surface area contributed by atoms with Gasteiger partial charge in [-0.05, 0) is 42.8 Å². The second kappa shape index (κ2) is 7.26. The molecule has 4 rings (SSSR count). The van der Waals surface area contributed by atoms with Gasteiger partial charge in [-0.3, -0.25) is 4.79 Å². The molecule has 2 fully saturated rings. The van der Waals surface area contributed by atoms with Crippen molar-refractivity contribution in [3.8, 4) is 0 Å². The molecule has 1 aromatic heterocycles. The van der Waals surface area contributed by atoms with Crippen molar-refractivity contribution in [2.24, 2.45) is 0 Å². The highest BCUT2D eigenvalue weighted by molar-refractivity contribution is 7.09. The Morgan fingerprint density at radius 2 is 1.92 bits per heavy atom. The summed E-state index contributed by atoms with van der Waals surface area (Å²) in [6, 6.07) is 11.9. The molecule has 2 saturated heterocycles. The number of piperidine rings is 2. The van der Waals surface area contributed by atoms with Gasteiger partial charge in [0, 0.05) is 18.9 Å². The van der Waals surface area contributed by atoms with Crippen LogP contribution in [0.25, 0.3) is 0 Å². The SMILES string of the molecule is O=C(NC1C[C@H]2CCC[C@H](C1)[NH+]2Cc1cccs1)c1ccccc1F. The third-order valence-electron chi connectivity index (χ3n) is 5.70. The average molecular weight is 359 g/mol.